The van der Waals surface area contributed by atoms with Gasteiger partial charge in [0.2, 0.25) is 0 Å². The highest BCUT2D eigenvalue weighted by Crippen LogP contribution is 2.55. The van der Waals surface area contributed by atoms with Crippen molar-refractivity contribution < 1.29 is 0 Å². The molecule has 0 saturated carbocycles. The Morgan fingerprint density at radius 3 is 0.730 bits per heavy atom. The lowest BCUT2D eigenvalue weighted by atomic mass is 9.33. The molecule has 0 spiro atoms. The molecule has 0 radical (unpaired) electrons. The summed E-state index contributed by atoms with van der Waals surface area (Å²) >= 11 is 0. The third-order valence-corrected chi connectivity index (χ3v) is 24.5. The van der Waals surface area contributed by atoms with Crippen LogP contribution in [0.4, 0.5) is 34.1 Å². The Kier molecular flexibility index (Phi) is 14.4. The summed E-state index contributed by atoms with van der Waals surface area (Å²) in [5.41, 5.74) is 35.0. The van der Waals surface area contributed by atoms with Crippen molar-refractivity contribution in [2.75, 3.05) is 9.80 Å². The molecule has 7 heteroatoms. The van der Waals surface area contributed by atoms with Crippen molar-refractivity contribution in [2.24, 2.45) is 0 Å². The average molecular weight is 1460 g/mol. The molecule has 18 aromatic carbocycles. The first-order chi connectivity index (χ1) is 57.1. The normalized spacial score (nSPS) is 12.5. The second-order valence-electron chi connectivity index (χ2n) is 30.6. The van der Waals surface area contributed by atoms with E-state index in [0.29, 0.717) is 0 Å². The Labute approximate surface area is 665 Å². The van der Waals surface area contributed by atoms with Crippen LogP contribution in [0.25, 0.3) is 166 Å². The van der Waals surface area contributed by atoms with Crippen LogP contribution < -0.4 is 26.2 Å². The van der Waals surface area contributed by atoms with Crippen molar-refractivity contribution >= 4 is 144 Å². The van der Waals surface area contributed by atoms with Gasteiger partial charge in [-0.25, -0.2) is 0 Å². The molecule has 6 heterocycles. The first kappa shape index (κ1) is 64.6. The van der Waals surface area contributed by atoms with Crippen LogP contribution in [0.3, 0.4) is 0 Å². The van der Waals surface area contributed by atoms with E-state index in [1.807, 2.05) is 0 Å². The molecule has 0 aliphatic carbocycles. The van der Waals surface area contributed by atoms with Gasteiger partial charge in [-0.05, 0) is 159 Å². The predicted octanol–water partition coefficient (Wildman–Crippen LogP) is 26.5. The van der Waals surface area contributed by atoms with Gasteiger partial charge in [-0.3, -0.25) is 0 Å². The first-order valence-corrected chi connectivity index (χ1v) is 39.8. The Morgan fingerprint density at radius 2 is 0.417 bits per heavy atom. The van der Waals surface area contributed by atoms with E-state index in [1.165, 1.54) is 81.5 Å². The highest BCUT2D eigenvalue weighted by molar-refractivity contribution is 7.00. The summed E-state index contributed by atoms with van der Waals surface area (Å²) in [5.74, 6) is 0. The average Bonchev–Trinajstić information content (AvgIpc) is 0.906. The molecule has 22 aromatic rings. The highest BCUT2D eigenvalue weighted by atomic mass is 15.2. The highest BCUT2D eigenvalue weighted by Gasteiger charge is 2.46. The zero-order valence-electron chi connectivity index (χ0n) is 62.6. The van der Waals surface area contributed by atoms with Crippen molar-refractivity contribution in [2.45, 2.75) is 0 Å². The Hall–Kier alpha value is -15.2. The molecule has 6 nitrogen and oxygen atoms in total. The molecule has 534 valence electrons. The molecule has 0 amide bonds. The summed E-state index contributed by atoms with van der Waals surface area (Å²) < 4.78 is 9.93. The number of benzene rings is 18. The molecule has 0 atom stereocenters. The van der Waals surface area contributed by atoms with E-state index < -0.39 is 0 Å². The fraction of sp³-hybridized carbons (Fsp3) is 0. The molecule has 0 N–H and O–H groups in total. The second-order valence-corrected chi connectivity index (χ2v) is 30.6. The van der Waals surface area contributed by atoms with Gasteiger partial charge in [0.05, 0.1) is 55.5 Å². The summed E-state index contributed by atoms with van der Waals surface area (Å²) in [5, 5.41) is 9.70. The van der Waals surface area contributed by atoms with Gasteiger partial charge in [-0.2, -0.15) is 0 Å². The van der Waals surface area contributed by atoms with Gasteiger partial charge >= 0.3 is 0 Å². The maximum atomic E-state index is 2.68. The van der Waals surface area contributed by atoms with Crippen LogP contribution in [0.15, 0.2) is 419 Å². The van der Waals surface area contributed by atoms with Gasteiger partial charge in [0.25, 0.3) is 6.71 Å². The first-order valence-electron chi connectivity index (χ1n) is 39.8. The number of hydrogen-bond donors (Lipinski definition) is 0. The quantitative estimate of drug-likeness (QED) is 0.121. The van der Waals surface area contributed by atoms with Crippen LogP contribution in [0.5, 0.6) is 0 Å². The molecule has 2 aliphatic heterocycles. The van der Waals surface area contributed by atoms with E-state index in [-0.39, 0.29) is 6.71 Å². The van der Waals surface area contributed by atoms with Crippen molar-refractivity contribution in [3.8, 4) is 78.4 Å². The molecule has 0 saturated heterocycles. The lowest BCUT2D eigenvalue weighted by molar-refractivity contribution is 1.16. The van der Waals surface area contributed by atoms with Crippen molar-refractivity contribution in [1.29, 1.82) is 0 Å². The Morgan fingerprint density at radius 1 is 0.165 bits per heavy atom. The smallest absolute Gasteiger partial charge is 0.252 e. The summed E-state index contributed by atoms with van der Waals surface area (Å²) in [6, 6.07) is 157. The maximum absolute atomic E-state index is 2.68. The third kappa shape index (κ3) is 9.84. The minimum absolute atomic E-state index is 0.289. The lowest BCUT2D eigenvalue weighted by Crippen LogP contribution is -2.61. The summed E-state index contributed by atoms with van der Waals surface area (Å²) in [7, 11) is 0. The second kappa shape index (κ2) is 25.7. The number of fused-ring (bicyclic) bond motifs is 16. The molecule has 24 rings (SSSR count). The SMILES string of the molecule is c1ccc(-c2cc3c4c(c2)N(c2c(-c5ccccc5)cccc2-c2ccccc2)c2cc(-n5c6ccccc6c6cc(-n7c8ccccc8c8ccccc87)ccc65)ccc2B4c2ccc(-n4c5ccccc5c5cc(-n6c7ccccc7c7ccccc76)ccc54)cc2N3c2c(-c3ccccc3)cccc2-c2ccccc2)cc1. The van der Waals surface area contributed by atoms with Gasteiger partial charge in [0.1, 0.15) is 0 Å². The van der Waals surface area contributed by atoms with Gasteiger partial charge < -0.3 is 28.1 Å². The molecule has 0 fully saturated rings. The molecule has 0 bridgehead atoms. The number of anilines is 6. The largest absolute Gasteiger partial charge is 0.310 e. The van der Waals surface area contributed by atoms with Crippen LogP contribution in [0.1, 0.15) is 0 Å². The van der Waals surface area contributed by atoms with E-state index in [1.54, 1.807) is 0 Å². The van der Waals surface area contributed by atoms with Gasteiger partial charge in [0, 0.05) is 111 Å². The number of hydrogen-bond acceptors (Lipinski definition) is 2. The van der Waals surface area contributed by atoms with Crippen LogP contribution in [-0.2, 0) is 0 Å². The third-order valence-electron chi connectivity index (χ3n) is 24.5. The van der Waals surface area contributed by atoms with E-state index in [2.05, 4.69) is 447 Å². The van der Waals surface area contributed by atoms with Crippen LogP contribution in [0, 0.1) is 0 Å². The number of para-hydroxylation sites is 8. The standard InChI is InChI=1S/C108H69BN6/c1-6-30-70(31-7-1)75-64-104-106-105(65-75)115(108-82(73-36-12-4-13-37-73)48-29-49-83(108)74-38-14-5-15-39-74)103-69-79(113-99-55-27-21-45-89(99)91-67-77(59-63-101(91)113)111-96-52-24-18-42-86(96)87-43-19-25-53-97(87)111)57-61-93(103)109(106)92-60-56-78(68-102(92)114(104)107-80(71-32-8-2-9-33-71)46-28-47-81(107)72-34-10-3-11-35-72)112-98-54-26-20-44-88(98)90-66-76(58-62-100(90)112)110-94-50-22-16-40-84(94)85-41-17-23-51-95(85)110/h1-69H. The summed E-state index contributed by atoms with van der Waals surface area (Å²) in [4.78, 5) is 5.37. The van der Waals surface area contributed by atoms with E-state index >= 15 is 0 Å². The number of aromatic nitrogens is 4. The lowest BCUT2D eigenvalue weighted by Gasteiger charge is -2.46. The monoisotopic (exact) mass is 1460 g/mol. The van der Waals surface area contributed by atoms with Gasteiger partial charge in [0.15, 0.2) is 0 Å². The predicted molar refractivity (Wildman–Crippen MR) is 485 cm³/mol. The zero-order chi connectivity index (χ0) is 75.3. The molecule has 4 aromatic heterocycles. The van der Waals surface area contributed by atoms with E-state index in [9.17, 15) is 0 Å². The minimum atomic E-state index is -0.289. The summed E-state index contributed by atoms with van der Waals surface area (Å²) in [6.45, 7) is -0.289. The molecular weight excluding hydrogens is 1390 g/mol. The number of rotatable bonds is 11. The fourth-order valence-corrected chi connectivity index (χ4v) is 19.7. The van der Waals surface area contributed by atoms with Gasteiger partial charge in [-0.15, -0.1) is 0 Å². The molecule has 0 unspecified atom stereocenters. The van der Waals surface area contributed by atoms with Crippen LogP contribution in [-0.4, -0.2) is 25.0 Å². The molecule has 115 heavy (non-hydrogen) atoms. The van der Waals surface area contributed by atoms with Crippen LogP contribution in [0.2, 0.25) is 0 Å². The minimum Gasteiger partial charge on any atom is -0.310 e. The zero-order valence-corrected chi connectivity index (χ0v) is 62.6. The fourth-order valence-electron chi connectivity index (χ4n) is 19.7. The van der Waals surface area contributed by atoms with Crippen molar-refractivity contribution in [3.05, 3.63) is 419 Å². The van der Waals surface area contributed by atoms with Gasteiger partial charge in [-0.1, -0.05) is 309 Å². The summed E-state index contributed by atoms with van der Waals surface area (Å²) in [6.07, 6.45) is 0. The number of nitrogens with zero attached hydrogens (tertiary/aromatic N) is 6. The van der Waals surface area contributed by atoms with E-state index in [0.717, 1.165) is 135 Å². The van der Waals surface area contributed by atoms with Crippen LogP contribution >= 0.6 is 0 Å². The topological polar surface area (TPSA) is 26.2 Å². The Balaban J connectivity index is 0.815. The molecule has 2 aliphatic rings. The molecular formula is C108H69BN6. The maximum Gasteiger partial charge on any atom is 0.252 e. The van der Waals surface area contributed by atoms with Crippen molar-refractivity contribution in [1.82, 2.24) is 18.3 Å². The van der Waals surface area contributed by atoms with E-state index in [4.69, 9.17) is 0 Å². The van der Waals surface area contributed by atoms with Crippen molar-refractivity contribution in [3.63, 3.8) is 0 Å². The Bertz CT molecular complexity index is 7070.